The lowest BCUT2D eigenvalue weighted by Gasteiger charge is -2.17. The van der Waals surface area contributed by atoms with Crippen molar-refractivity contribution in [1.29, 1.82) is 0 Å². The Morgan fingerprint density at radius 1 is 0.500 bits per heavy atom. The number of pyridine rings is 2. The number of hydrogen-bond acceptors (Lipinski definition) is 1. The monoisotopic (exact) mass is 516 g/mol. The number of rotatable bonds is 4. The highest BCUT2D eigenvalue weighted by atomic mass is 16.5. The van der Waals surface area contributed by atoms with Crippen molar-refractivity contribution >= 4 is 27.1 Å². The second-order valence-electron chi connectivity index (χ2n) is 10.5. The molecule has 0 spiro atoms. The fraction of sp³-hybridized carbons (Fsp3) is 0.0789. The Labute approximate surface area is 234 Å². The molecule has 2 heteroatoms. The van der Waals surface area contributed by atoms with Crippen LogP contribution in [-0.2, 0) is 0 Å². The summed E-state index contributed by atoms with van der Waals surface area (Å²) in [7, 11) is 1.76. The molecule has 2 aromatic heterocycles. The number of nitrogens with zero attached hydrogens (tertiary/aromatic N) is 1. The van der Waals surface area contributed by atoms with Crippen molar-refractivity contribution in [2.75, 3.05) is 7.11 Å². The SMILES string of the molecule is COc1cccc2c(-c3ccccc3)c3c4ccccc4c(-c4cccc(C)c4)c(-c4cccc(C)c4)[n+]3cc12. The molecule has 7 aromatic rings. The summed E-state index contributed by atoms with van der Waals surface area (Å²) in [5.74, 6) is 0.865. The molecule has 0 aliphatic carbocycles. The van der Waals surface area contributed by atoms with Gasteiger partial charge in [0.25, 0.3) is 0 Å². The van der Waals surface area contributed by atoms with E-state index in [1.165, 1.54) is 66.3 Å². The minimum atomic E-state index is 0.865. The van der Waals surface area contributed by atoms with E-state index in [-0.39, 0.29) is 0 Å². The lowest BCUT2D eigenvalue weighted by atomic mass is 9.89. The largest absolute Gasteiger partial charge is 0.496 e. The third-order valence-corrected chi connectivity index (χ3v) is 7.88. The van der Waals surface area contributed by atoms with Crippen LogP contribution in [0.5, 0.6) is 5.75 Å². The Kier molecular flexibility index (Phi) is 5.82. The zero-order valence-electron chi connectivity index (χ0n) is 23.0. The van der Waals surface area contributed by atoms with Gasteiger partial charge in [-0.1, -0.05) is 108 Å². The van der Waals surface area contributed by atoms with Gasteiger partial charge in [-0.05, 0) is 49.2 Å². The van der Waals surface area contributed by atoms with E-state index in [0.29, 0.717) is 0 Å². The molecule has 0 amide bonds. The van der Waals surface area contributed by atoms with Crippen LogP contribution in [0.3, 0.4) is 0 Å². The van der Waals surface area contributed by atoms with E-state index in [2.05, 4.69) is 146 Å². The predicted molar refractivity (Wildman–Crippen MR) is 167 cm³/mol. The fourth-order valence-electron chi connectivity index (χ4n) is 6.18. The summed E-state index contributed by atoms with van der Waals surface area (Å²) in [4.78, 5) is 0. The Morgan fingerprint density at radius 3 is 1.80 bits per heavy atom. The van der Waals surface area contributed by atoms with Crippen LogP contribution >= 0.6 is 0 Å². The summed E-state index contributed by atoms with van der Waals surface area (Å²) in [6, 6.07) is 43.7. The molecule has 0 N–H and O–H groups in total. The molecule has 0 unspecified atom stereocenters. The van der Waals surface area contributed by atoms with Gasteiger partial charge >= 0.3 is 0 Å². The van der Waals surface area contributed by atoms with E-state index in [0.717, 1.165) is 11.1 Å². The van der Waals surface area contributed by atoms with Gasteiger partial charge in [0.15, 0.2) is 6.20 Å². The van der Waals surface area contributed by atoms with E-state index in [9.17, 15) is 0 Å². The number of fused-ring (bicyclic) bond motifs is 4. The van der Waals surface area contributed by atoms with Crippen LogP contribution in [0.25, 0.3) is 60.6 Å². The molecule has 0 saturated heterocycles. The standard InChI is InChI=1S/C38H30NO/c1-25-12-9-16-28(22-25)36-30-18-7-8-19-32(30)38-35(27-14-5-4-6-15-27)31-20-11-21-34(40-3)33(31)24-39(38)37(36)29-17-10-13-26(2)23-29/h4-24H,1-3H3/q+1. The van der Waals surface area contributed by atoms with Gasteiger partial charge < -0.3 is 4.74 Å². The summed E-state index contributed by atoms with van der Waals surface area (Å²) in [6.07, 6.45) is 2.28. The maximum absolute atomic E-state index is 5.94. The summed E-state index contributed by atoms with van der Waals surface area (Å²) in [5.41, 5.74) is 10.9. The highest BCUT2D eigenvalue weighted by Gasteiger charge is 2.29. The lowest BCUT2D eigenvalue weighted by Crippen LogP contribution is -2.27. The number of aryl methyl sites for hydroxylation is 2. The number of hydrogen-bond donors (Lipinski definition) is 0. The molecule has 0 aliphatic rings. The molecule has 7 rings (SSSR count). The predicted octanol–water partition coefficient (Wildman–Crippen LogP) is 9.36. The topological polar surface area (TPSA) is 13.3 Å². The molecular weight excluding hydrogens is 486 g/mol. The van der Waals surface area contributed by atoms with E-state index in [1.807, 2.05) is 0 Å². The van der Waals surface area contributed by atoms with E-state index in [4.69, 9.17) is 4.74 Å². The van der Waals surface area contributed by atoms with Gasteiger partial charge in [0.05, 0.1) is 29.0 Å². The van der Waals surface area contributed by atoms with Crippen LogP contribution < -0.4 is 9.14 Å². The van der Waals surface area contributed by atoms with Crippen LogP contribution in [0.15, 0.2) is 128 Å². The minimum absolute atomic E-state index is 0.865. The molecule has 2 heterocycles. The van der Waals surface area contributed by atoms with Crippen molar-refractivity contribution in [3.05, 3.63) is 139 Å². The molecule has 5 aromatic carbocycles. The third kappa shape index (κ3) is 3.84. The van der Waals surface area contributed by atoms with Gasteiger partial charge in [-0.15, -0.1) is 0 Å². The van der Waals surface area contributed by atoms with E-state index < -0.39 is 0 Å². The normalized spacial score (nSPS) is 11.4. The molecule has 0 bridgehead atoms. The van der Waals surface area contributed by atoms with Crippen LogP contribution in [-0.4, -0.2) is 7.11 Å². The van der Waals surface area contributed by atoms with Gasteiger partial charge in [0, 0.05) is 16.3 Å². The van der Waals surface area contributed by atoms with E-state index >= 15 is 0 Å². The molecule has 192 valence electrons. The van der Waals surface area contributed by atoms with Crippen molar-refractivity contribution in [3.8, 4) is 39.3 Å². The Morgan fingerprint density at radius 2 is 1.07 bits per heavy atom. The second kappa shape index (κ2) is 9.66. The first-order valence-electron chi connectivity index (χ1n) is 13.7. The first-order valence-corrected chi connectivity index (χ1v) is 13.7. The highest BCUT2D eigenvalue weighted by Crippen LogP contribution is 2.43. The average molecular weight is 517 g/mol. The first kappa shape index (κ1) is 24.1. The number of benzene rings is 5. The summed E-state index contributed by atoms with van der Waals surface area (Å²) < 4.78 is 8.36. The zero-order valence-corrected chi connectivity index (χ0v) is 23.0. The average Bonchev–Trinajstić information content (AvgIpc) is 2.99. The molecular formula is C38H30NO+. The Hall–Kier alpha value is -4.95. The van der Waals surface area contributed by atoms with Gasteiger partial charge in [0.1, 0.15) is 5.75 Å². The smallest absolute Gasteiger partial charge is 0.227 e. The molecule has 0 aliphatic heterocycles. The Balaban J connectivity index is 1.82. The van der Waals surface area contributed by atoms with E-state index in [1.54, 1.807) is 7.11 Å². The summed E-state index contributed by atoms with van der Waals surface area (Å²) in [6.45, 7) is 4.33. The molecule has 40 heavy (non-hydrogen) atoms. The number of methoxy groups -OCH3 is 1. The number of aromatic nitrogens is 1. The molecule has 0 fully saturated rings. The van der Waals surface area contributed by atoms with Crippen molar-refractivity contribution in [3.63, 3.8) is 0 Å². The lowest BCUT2D eigenvalue weighted by molar-refractivity contribution is -0.495. The Bertz CT molecular complexity index is 2060. The molecule has 0 atom stereocenters. The van der Waals surface area contributed by atoms with Crippen LogP contribution in [0, 0.1) is 13.8 Å². The van der Waals surface area contributed by atoms with Gasteiger partial charge in [-0.3, -0.25) is 0 Å². The van der Waals surface area contributed by atoms with Crippen molar-refractivity contribution in [2.45, 2.75) is 13.8 Å². The van der Waals surface area contributed by atoms with Crippen LogP contribution in [0.1, 0.15) is 11.1 Å². The zero-order chi connectivity index (χ0) is 27.2. The van der Waals surface area contributed by atoms with Gasteiger partial charge in [0.2, 0.25) is 11.2 Å². The minimum Gasteiger partial charge on any atom is -0.496 e. The maximum Gasteiger partial charge on any atom is 0.227 e. The number of ether oxygens (including phenoxy) is 1. The van der Waals surface area contributed by atoms with Gasteiger partial charge in [-0.25, -0.2) is 0 Å². The van der Waals surface area contributed by atoms with Crippen LogP contribution in [0.2, 0.25) is 0 Å². The first-order chi connectivity index (χ1) is 19.6. The molecule has 2 nitrogen and oxygen atoms in total. The van der Waals surface area contributed by atoms with Crippen molar-refractivity contribution in [1.82, 2.24) is 0 Å². The quantitative estimate of drug-likeness (QED) is 0.129. The third-order valence-electron chi connectivity index (χ3n) is 7.88. The van der Waals surface area contributed by atoms with Crippen molar-refractivity contribution in [2.24, 2.45) is 0 Å². The summed E-state index contributed by atoms with van der Waals surface area (Å²) in [5, 5.41) is 4.72. The van der Waals surface area contributed by atoms with Crippen molar-refractivity contribution < 1.29 is 9.14 Å². The fourth-order valence-corrected chi connectivity index (χ4v) is 6.18. The summed E-state index contributed by atoms with van der Waals surface area (Å²) >= 11 is 0. The molecule has 0 radical (unpaired) electrons. The van der Waals surface area contributed by atoms with Gasteiger partial charge in [-0.2, -0.15) is 4.40 Å². The second-order valence-corrected chi connectivity index (χ2v) is 10.5. The van der Waals surface area contributed by atoms with Crippen LogP contribution in [0.4, 0.5) is 0 Å². The highest BCUT2D eigenvalue weighted by molar-refractivity contribution is 6.15. The maximum atomic E-state index is 5.94. The molecule has 0 saturated carbocycles.